The minimum absolute atomic E-state index is 0.718. The topological polar surface area (TPSA) is 52.3 Å². The van der Waals surface area contributed by atoms with Crippen LogP contribution in [0.3, 0.4) is 0 Å². The van der Waals surface area contributed by atoms with Crippen molar-refractivity contribution in [3.63, 3.8) is 0 Å². The van der Waals surface area contributed by atoms with E-state index < -0.39 is 0 Å². The molecule has 0 radical (unpaired) electrons. The summed E-state index contributed by atoms with van der Waals surface area (Å²) in [6, 6.07) is 15.8. The average molecular weight is 413 g/mol. The molecular formula is C18H13BrN4OS. The molecule has 0 bridgehead atoms. The van der Waals surface area contributed by atoms with Gasteiger partial charge in [0.25, 0.3) is 0 Å². The zero-order valence-electron chi connectivity index (χ0n) is 13.3. The second kappa shape index (κ2) is 6.78. The lowest BCUT2D eigenvalue weighted by molar-refractivity contribution is 0.414. The molecule has 4 aromatic rings. The van der Waals surface area contributed by atoms with Gasteiger partial charge in [-0.05, 0) is 30.4 Å². The number of ether oxygens (including phenoxy) is 1. The summed E-state index contributed by atoms with van der Waals surface area (Å²) in [6.45, 7) is 0. The van der Waals surface area contributed by atoms with Gasteiger partial charge < -0.3 is 4.74 Å². The normalized spacial score (nSPS) is 11.4. The molecule has 7 heteroatoms. The molecule has 2 aromatic carbocycles. The number of rotatable bonds is 4. The maximum absolute atomic E-state index is 5.37. The molecule has 25 heavy (non-hydrogen) atoms. The lowest BCUT2D eigenvalue weighted by atomic mass is 10.2. The number of fused-ring (bicyclic) bond motifs is 1. The maximum Gasteiger partial charge on any atom is 0.235 e. The Balaban J connectivity index is 1.71. The van der Waals surface area contributed by atoms with Crippen molar-refractivity contribution in [3.05, 3.63) is 63.6 Å². The van der Waals surface area contributed by atoms with Gasteiger partial charge in [-0.1, -0.05) is 57.6 Å². The highest BCUT2D eigenvalue weighted by molar-refractivity contribution is 9.10. The Hall–Kier alpha value is -2.51. The second-order valence-corrected chi connectivity index (χ2v) is 7.06. The van der Waals surface area contributed by atoms with Crippen molar-refractivity contribution < 1.29 is 4.74 Å². The molecular weight excluding hydrogens is 400 g/mol. The number of hydrogen-bond donors (Lipinski definition) is 0. The van der Waals surface area contributed by atoms with Gasteiger partial charge in [0.1, 0.15) is 10.8 Å². The Morgan fingerprint density at radius 2 is 1.84 bits per heavy atom. The number of nitrogens with zero attached hydrogens (tertiary/aromatic N) is 4. The summed E-state index contributed by atoms with van der Waals surface area (Å²) in [4.78, 5) is 0.755. The standard InChI is InChI=1S/C18H13BrN4OS/c1-24-15-9-5-2-6-12(15)10-11-16-22-23-17(20-21-18(23)25-16)13-7-3-4-8-14(13)19/h2-11H,1H3/b11-10+. The smallest absolute Gasteiger partial charge is 0.235 e. The first-order valence-corrected chi connectivity index (χ1v) is 9.15. The first kappa shape index (κ1) is 16.0. The molecule has 0 amide bonds. The van der Waals surface area contributed by atoms with Crippen LogP contribution in [0.15, 0.2) is 53.0 Å². The van der Waals surface area contributed by atoms with Gasteiger partial charge in [-0.15, -0.1) is 10.2 Å². The van der Waals surface area contributed by atoms with E-state index in [9.17, 15) is 0 Å². The molecule has 4 rings (SSSR count). The number of halogens is 1. The van der Waals surface area contributed by atoms with Gasteiger partial charge in [0.2, 0.25) is 4.96 Å². The lowest BCUT2D eigenvalue weighted by Crippen LogP contribution is -1.91. The van der Waals surface area contributed by atoms with Crippen molar-refractivity contribution in [3.8, 4) is 17.1 Å². The van der Waals surface area contributed by atoms with Crippen LogP contribution in [0, 0.1) is 0 Å². The van der Waals surface area contributed by atoms with Crippen LogP contribution in [-0.4, -0.2) is 26.9 Å². The van der Waals surface area contributed by atoms with Crippen LogP contribution in [0.2, 0.25) is 0 Å². The van der Waals surface area contributed by atoms with Crippen LogP contribution in [-0.2, 0) is 0 Å². The van der Waals surface area contributed by atoms with Crippen LogP contribution in [0.5, 0.6) is 5.75 Å². The minimum Gasteiger partial charge on any atom is -0.496 e. The summed E-state index contributed by atoms with van der Waals surface area (Å²) in [6.07, 6.45) is 3.95. The van der Waals surface area contributed by atoms with Crippen molar-refractivity contribution in [1.29, 1.82) is 0 Å². The van der Waals surface area contributed by atoms with E-state index in [0.29, 0.717) is 0 Å². The molecule has 5 nitrogen and oxygen atoms in total. The van der Waals surface area contributed by atoms with E-state index in [0.717, 1.165) is 37.1 Å². The van der Waals surface area contributed by atoms with Crippen molar-refractivity contribution in [1.82, 2.24) is 19.8 Å². The van der Waals surface area contributed by atoms with Gasteiger partial charge in [0, 0.05) is 15.6 Å². The SMILES string of the molecule is COc1ccccc1/C=C/c1nn2c(-c3ccccc3Br)nnc2s1. The molecule has 0 aliphatic rings. The number of benzene rings is 2. The van der Waals surface area contributed by atoms with Gasteiger partial charge in [0.15, 0.2) is 5.82 Å². The van der Waals surface area contributed by atoms with Crippen LogP contribution >= 0.6 is 27.3 Å². The van der Waals surface area contributed by atoms with E-state index in [1.807, 2.05) is 60.7 Å². The molecule has 124 valence electrons. The fraction of sp³-hybridized carbons (Fsp3) is 0.0556. The summed E-state index contributed by atoms with van der Waals surface area (Å²) in [7, 11) is 1.67. The van der Waals surface area contributed by atoms with Crippen LogP contribution in [0.1, 0.15) is 10.6 Å². The molecule has 0 unspecified atom stereocenters. The van der Waals surface area contributed by atoms with E-state index >= 15 is 0 Å². The minimum atomic E-state index is 0.718. The van der Waals surface area contributed by atoms with E-state index in [-0.39, 0.29) is 0 Å². The summed E-state index contributed by atoms with van der Waals surface area (Å²) >= 11 is 5.04. The molecule has 2 heterocycles. The third-order valence-electron chi connectivity index (χ3n) is 3.67. The third-order valence-corrected chi connectivity index (χ3v) is 5.22. The van der Waals surface area contributed by atoms with Gasteiger partial charge >= 0.3 is 0 Å². The fourth-order valence-corrected chi connectivity index (χ4v) is 3.68. The number of aromatic nitrogens is 4. The highest BCUT2D eigenvalue weighted by Crippen LogP contribution is 2.28. The van der Waals surface area contributed by atoms with Gasteiger partial charge in [-0.2, -0.15) is 9.61 Å². The lowest BCUT2D eigenvalue weighted by Gasteiger charge is -2.02. The quantitative estimate of drug-likeness (QED) is 0.483. The highest BCUT2D eigenvalue weighted by atomic mass is 79.9. The van der Waals surface area contributed by atoms with Crippen molar-refractivity contribution in [2.24, 2.45) is 0 Å². The second-order valence-electron chi connectivity index (χ2n) is 5.21. The molecule has 0 N–H and O–H groups in total. The third kappa shape index (κ3) is 3.08. The average Bonchev–Trinajstić information content (AvgIpc) is 3.21. The molecule has 0 atom stereocenters. The predicted octanol–water partition coefficient (Wildman–Crippen LogP) is 4.79. The van der Waals surface area contributed by atoms with E-state index in [1.54, 1.807) is 11.6 Å². The van der Waals surface area contributed by atoms with Gasteiger partial charge in [-0.3, -0.25) is 0 Å². The summed E-state index contributed by atoms with van der Waals surface area (Å²) in [5.74, 6) is 1.55. The summed E-state index contributed by atoms with van der Waals surface area (Å²) < 4.78 is 8.10. The Kier molecular flexibility index (Phi) is 4.33. The van der Waals surface area contributed by atoms with E-state index in [2.05, 4.69) is 31.2 Å². The Morgan fingerprint density at radius 1 is 1.04 bits per heavy atom. The van der Waals surface area contributed by atoms with E-state index in [4.69, 9.17) is 4.74 Å². The highest BCUT2D eigenvalue weighted by Gasteiger charge is 2.14. The first-order valence-electron chi connectivity index (χ1n) is 7.54. The zero-order chi connectivity index (χ0) is 17.2. The molecule has 0 aliphatic carbocycles. The largest absolute Gasteiger partial charge is 0.496 e. The van der Waals surface area contributed by atoms with Crippen LogP contribution in [0.25, 0.3) is 28.5 Å². The molecule has 0 fully saturated rings. The van der Waals surface area contributed by atoms with E-state index in [1.165, 1.54) is 11.3 Å². The van der Waals surface area contributed by atoms with Crippen molar-refractivity contribution in [2.45, 2.75) is 0 Å². The van der Waals surface area contributed by atoms with Crippen molar-refractivity contribution >= 4 is 44.4 Å². The first-order chi connectivity index (χ1) is 12.3. The van der Waals surface area contributed by atoms with Crippen LogP contribution in [0.4, 0.5) is 0 Å². The Labute approximate surface area is 156 Å². The molecule has 0 saturated carbocycles. The predicted molar refractivity (Wildman–Crippen MR) is 104 cm³/mol. The van der Waals surface area contributed by atoms with Gasteiger partial charge in [-0.25, -0.2) is 0 Å². The zero-order valence-corrected chi connectivity index (χ0v) is 15.7. The summed E-state index contributed by atoms with van der Waals surface area (Å²) in [5, 5.41) is 14.0. The van der Waals surface area contributed by atoms with Crippen molar-refractivity contribution in [2.75, 3.05) is 7.11 Å². The monoisotopic (exact) mass is 412 g/mol. The number of methoxy groups -OCH3 is 1. The molecule has 0 spiro atoms. The molecule has 2 aromatic heterocycles. The number of hydrogen-bond acceptors (Lipinski definition) is 5. The Morgan fingerprint density at radius 3 is 2.68 bits per heavy atom. The Bertz CT molecular complexity index is 1070. The van der Waals surface area contributed by atoms with Gasteiger partial charge in [0.05, 0.1) is 7.11 Å². The number of para-hydroxylation sites is 1. The fourth-order valence-electron chi connectivity index (χ4n) is 2.47. The molecule has 0 aliphatic heterocycles. The van der Waals surface area contributed by atoms with Crippen LogP contribution < -0.4 is 4.74 Å². The maximum atomic E-state index is 5.37. The molecule has 0 saturated heterocycles. The summed E-state index contributed by atoms with van der Waals surface area (Å²) in [5.41, 5.74) is 1.96.